The van der Waals surface area contributed by atoms with Gasteiger partial charge >= 0.3 is 0 Å². The van der Waals surface area contributed by atoms with Gasteiger partial charge in [0.2, 0.25) is 0 Å². The van der Waals surface area contributed by atoms with Gasteiger partial charge in [-0.1, -0.05) is 44.4 Å². The summed E-state index contributed by atoms with van der Waals surface area (Å²) in [6, 6.07) is 10.1. The number of rotatable bonds is 10. The van der Waals surface area contributed by atoms with Gasteiger partial charge in [-0.2, -0.15) is 0 Å². The third kappa shape index (κ3) is 6.54. The number of amides is 1. The molecular formula is C23H34N4OS. The van der Waals surface area contributed by atoms with Crippen molar-refractivity contribution < 1.29 is 4.79 Å². The SMILES string of the molecule is CCCCCCN1CCC[C@@H](CNC(=O)c2csc(N(C)c3ccccc3)n2)C1. The highest BCUT2D eigenvalue weighted by molar-refractivity contribution is 7.14. The fourth-order valence-electron chi connectivity index (χ4n) is 3.90. The number of anilines is 2. The van der Waals surface area contributed by atoms with Crippen LogP contribution in [0.5, 0.6) is 0 Å². The number of piperidine rings is 1. The highest BCUT2D eigenvalue weighted by Gasteiger charge is 2.21. The summed E-state index contributed by atoms with van der Waals surface area (Å²) in [6.45, 7) is 6.51. The van der Waals surface area contributed by atoms with E-state index in [1.54, 1.807) is 0 Å². The van der Waals surface area contributed by atoms with Gasteiger partial charge < -0.3 is 15.1 Å². The minimum absolute atomic E-state index is 0.0611. The van der Waals surface area contributed by atoms with E-state index in [0.717, 1.165) is 23.9 Å². The van der Waals surface area contributed by atoms with Crippen LogP contribution in [0.3, 0.4) is 0 Å². The Bertz CT molecular complexity index is 748. The second kappa shape index (κ2) is 11.3. The van der Waals surface area contributed by atoms with E-state index >= 15 is 0 Å². The second-order valence-electron chi connectivity index (χ2n) is 7.99. The highest BCUT2D eigenvalue weighted by atomic mass is 32.1. The first kappa shape index (κ1) is 21.8. The quantitative estimate of drug-likeness (QED) is 0.560. The number of likely N-dealkylation sites (tertiary alicyclic amines) is 1. The molecular weight excluding hydrogens is 380 g/mol. The molecule has 0 radical (unpaired) electrons. The summed E-state index contributed by atoms with van der Waals surface area (Å²) in [5.74, 6) is 0.484. The van der Waals surface area contributed by atoms with Gasteiger partial charge in [-0.25, -0.2) is 4.98 Å². The van der Waals surface area contributed by atoms with Crippen molar-refractivity contribution in [2.75, 3.05) is 38.1 Å². The molecule has 0 spiro atoms. The second-order valence-corrected chi connectivity index (χ2v) is 8.83. The van der Waals surface area contributed by atoms with Gasteiger partial charge in [0.05, 0.1) is 0 Å². The Morgan fingerprint density at radius 2 is 2.10 bits per heavy atom. The number of para-hydroxylation sites is 1. The van der Waals surface area contributed by atoms with Crippen LogP contribution in [0.1, 0.15) is 55.9 Å². The fourth-order valence-corrected chi connectivity index (χ4v) is 4.69. The predicted molar refractivity (Wildman–Crippen MR) is 122 cm³/mol. The zero-order chi connectivity index (χ0) is 20.5. The molecule has 0 saturated carbocycles. The molecule has 2 heterocycles. The summed E-state index contributed by atoms with van der Waals surface area (Å²) in [4.78, 5) is 21.7. The van der Waals surface area contributed by atoms with Crippen LogP contribution in [-0.4, -0.2) is 49.0 Å². The summed E-state index contributed by atoms with van der Waals surface area (Å²) >= 11 is 1.50. The lowest BCUT2D eigenvalue weighted by atomic mass is 9.97. The van der Waals surface area contributed by atoms with Crippen molar-refractivity contribution in [3.63, 3.8) is 0 Å². The molecule has 2 aromatic rings. The molecule has 158 valence electrons. The number of aromatic nitrogens is 1. The topological polar surface area (TPSA) is 48.5 Å². The Kier molecular flexibility index (Phi) is 8.50. The predicted octanol–water partition coefficient (Wildman–Crippen LogP) is 4.93. The minimum Gasteiger partial charge on any atom is -0.350 e. The van der Waals surface area contributed by atoms with Crippen molar-refractivity contribution in [3.8, 4) is 0 Å². The summed E-state index contributed by atoms with van der Waals surface area (Å²) in [7, 11) is 1.98. The summed E-state index contributed by atoms with van der Waals surface area (Å²) in [5, 5.41) is 5.80. The van der Waals surface area contributed by atoms with E-state index in [9.17, 15) is 4.79 Å². The monoisotopic (exact) mass is 414 g/mol. The van der Waals surface area contributed by atoms with Crippen LogP contribution in [-0.2, 0) is 0 Å². The molecule has 1 fully saturated rings. The van der Waals surface area contributed by atoms with E-state index in [4.69, 9.17) is 0 Å². The van der Waals surface area contributed by atoms with E-state index in [0.29, 0.717) is 11.6 Å². The van der Waals surface area contributed by atoms with E-state index in [-0.39, 0.29) is 5.91 Å². The smallest absolute Gasteiger partial charge is 0.270 e. The summed E-state index contributed by atoms with van der Waals surface area (Å²) in [5.41, 5.74) is 1.58. The fraction of sp³-hybridized carbons (Fsp3) is 0.565. The molecule has 0 bridgehead atoms. The van der Waals surface area contributed by atoms with E-state index in [2.05, 4.69) is 22.1 Å². The zero-order valence-electron chi connectivity index (χ0n) is 17.8. The van der Waals surface area contributed by atoms with Crippen LogP contribution in [0.25, 0.3) is 0 Å². The number of carbonyl (C=O) groups excluding carboxylic acids is 1. The maximum atomic E-state index is 12.6. The lowest BCUT2D eigenvalue weighted by molar-refractivity contribution is 0.0928. The number of hydrogen-bond donors (Lipinski definition) is 1. The van der Waals surface area contributed by atoms with Gasteiger partial charge in [0.1, 0.15) is 5.69 Å². The van der Waals surface area contributed by atoms with Crippen molar-refractivity contribution in [1.82, 2.24) is 15.2 Å². The molecule has 1 aromatic heterocycles. The number of nitrogens with one attached hydrogen (secondary N) is 1. The Morgan fingerprint density at radius 1 is 1.28 bits per heavy atom. The van der Waals surface area contributed by atoms with Gasteiger partial charge in [-0.05, 0) is 50.4 Å². The first-order valence-electron chi connectivity index (χ1n) is 10.9. The molecule has 1 atom stereocenters. The number of benzene rings is 1. The van der Waals surface area contributed by atoms with Gasteiger partial charge in [0.25, 0.3) is 5.91 Å². The van der Waals surface area contributed by atoms with Crippen LogP contribution < -0.4 is 10.2 Å². The number of nitrogens with zero attached hydrogens (tertiary/aromatic N) is 3. The molecule has 5 nitrogen and oxygen atoms in total. The van der Waals surface area contributed by atoms with Crippen LogP contribution in [0.4, 0.5) is 10.8 Å². The molecule has 6 heteroatoms. The molecule has 1 saturated heterocycles. The molecule has 1 amide bonds. The largest absolute Gasteiger partial charge is 0.350 e. The highest BCUT2D eigenvalue weighted by Crippen LogP contribution is 2.26. The van der Waals surface area contributed by atoms with Gasteiger partial charge in [0, 0.05) is 31.2 Å². The average Bonchev–Trinajstić information content (AvgIpc) is 3.26. The normalized spacial score (nSPS) is 17.2. The minimum atomic E-state index is -0.0611. The van der Waals surface area contributed by atoms with Crippen LogP contribution in [0, 0.1) is 5.92 Å². The zero-order valence-corrected chi connectivity index (χ0v) is 18.6. The van der Waals surface area contributed by atoms with Crippen molar-refractivity contribution >= 4 is 28.1 Å². The van der Waals surface area contributed by atoms with Crippen LogP contribution >= 0.6 is 11.3 Å². The average molecular weight is 415 g/mol. The molecule has 0 unspecified atom stereocenters. The molecule has 1 aliphatic heterocycles. The first-order chi connectivity index (χ1) is 14.2. The lowest BCUT2D eigenvalue weighted by Gasteiger charge is -2.32. The van der Waals surface area contributed by atoms with Crippen molar-refractivity contribution in [2.45, 2.75) is 45.4 Å². The van der Waals surface area contributed by atoms with Gasteiger partial charge in [-0.3, -0.25) is 4.79 Å². The summed E-state index contributed by atoms with van der Waals surface area (Å²) < 4.78 is 0. The number of thiazole rings is 1. The molecule has 29 heavy (non-hydrogen) atoms. The van der Waals surface area contributed by atoms with Crippen molar-refractivity contribution in [1.29, 1.82) is 0 Å². The van der Waals surface area contributed by atoms with Gasteiger partial charge in [-0.15, -0.1) is 11.3 Å². The Morgan fingerprint density at radius 3 is 2.90 bits per heavy atom. The maximum absolute atomic E-state index is 12.6. The Hall–Kier alpha value is -1.92. The number of carbonyl (C=O) groups is 1. The maximum Gasteiger partial charge on any atom is 0.270 e. The van der Waals surface area contributed by atoms with Crippen LogP contribution in [0.2, 0.25) is 0 Å². The van der Waals surface area contributed by atoms with Gasteiger partial charge in [0.15, 0.2) is 5.13 Å². The lowest BCUT2D eigenvalue weighted by Crippen LogP contribution is -2.41. The first-order valence-corrected chi connectivity index (χ1v) is 11.8. The Balaban J connectivity index is 1.45. The number of hydrogen-bond acceptors (Lipinski definition) is 5. The third-order valence-corrected chi connectivity index (χ3v) is 6.55. The molecule has 1 N–H and O–H groups in total. The van der Waals surface area contributed by atoms with Crippen molar-refractivity contribution in [3.05, 3.63) is 41.4 Å². The van der Waals surface area contributed by atoms with Crippen molar-refractivity contribution in [2.24, 2.45) is 5.92 Å². The van der Waals surface area contributed by atoms with E-state index in [1.807, 2.05) is 47.7 Å². The van der Waals surface area contributed by atoms with Crippen LogP contribution in [0.15, 0.2) is 35.7 Å². The Labute approximate surface area is 179 Å². The van der Waals surface area contributed by atoms with E-state index < -0.39 is 0 Å². The van der Waals surface area contributed by atoms with E-state index in [1.165, 1.54) is 63.0 Å². The molecule has 1 aromatic carbocycles. The summed E-state index contributed by atoms with van der Waals surface area (Å²) in [6.07, 6.45) is 7.68. The molecule has 0 aliphatic carbocycles. The third-order valence-electron chi connectivity index (χ3n) is 5.64. The molecule has 1 aliphatic rings. The number of unbranched alkanes of at least 4 members (excludes halogenated alkanes) is 3. The standard InChI is InChI=1S/C23H34N4OS/c1-3-4-5-9-14-27-15-10-11-19(17-27)16-24-22(28)21-18-29-23(25-21)26(2)20-12-7-6-8-13-20/h6-8,12-13,18-19H,3-5,9-11,14-17H2,1-2H3,(H,24,28)/t19-/m0/s1. The molecule has 3 rings (SSSR count).